The first kappa shape index (κ1) is 29.1. The largest absolute Gasteiger partial charge is 0.416 e. The molecule has 1 saturated heterocycles. The van der Waals surface area contributed by atoms with Crippen molar-refractivity contribution in [3.05, 3.63) is 112 Å². The number of halogens is 3. The van der Waals surface area contributed by atoms with E-state index in [9.17, 15) is 28.0 Å². The molecule has 1 N–H and O–H groups in total. The predicted octanol–water partition coefficient (Wildman–Crippen LogP) is 6.15. The molecule has 5 rings (SSSR count). The van der Waals surface area contributed by atoms with Gasteiger partial charge in [0.05, 0.1) is 17.2 Å². The number of alkyl halides is 3. The quantitative estimate of drug-likeness (QED) is 0.384. The number of benzene rings is 3. The standard InChI is InChI=1S/C33H31F3N4O2/c1-22-31(32(42)38-27-14-16-39(17-15-27)21-24-6-3-2-4-7-24)29(25-12-10-23(20-37)11-13-25)19-30(41)40(22)28-9-5-8-26(18-28)33(34,35)36/h2-13,18,27,29H,14-17,19,21H2,1H3,(H,38,42). The molecule has 0 aliphatic carbocycles. The second-order valence-electron chi connectivity index (χ2n) is 10.8. The van der Waals surface area contributed by atoms with Gasteiger partial charge in [-0.3, -0.25) is 19.4 Å². The summed E-state index contributed by atoms with van der Waals surface area (Å²) in [5, 5.41) is 12.4. The molecular weight excluding hydrogens is 541 g/mol. The van der Waals surface area contributed by atoms with Gasteiger partial charge < -0.3 is 5.32 Å². The third kappa shape index (κ3) is 6.39. The third-order valence-electron chi connectivity index (χ3n) is 7.99. The van der Waals surface area contributed by atoms with E-state index in [4.69, 9.17) is 0 Å². The zero-order valence-electron chi connectivity index (χ0n) is 23.2. The summed E-state index contributed by atoms with van der Waals surface area (Å²) in [7, 11) is 0. The van der Waals surface area contributed by atoms with Crippen molar-refractivity contribution < 1.29 is 22.8 Å². The number of hydrogen-bond donors (Lipinski definition) is 1. The molecule has 0 bridgehead atoms. The average molecular weight is 573 g/mol. The van der Waals surface area contributed by atoms with Crippen molar-refractivity contribution in [2.24, 2.45) is 0 Å². The van der Waals surface area contributed by atoms with Crippen molar-refractivity contribution in [1.29, 1.82) is 5.26 Å². The smallest absolute Gasteiger partial charge is 0.349 e. The van der Waals surface area contributed by atoms with Gasteiger partial charge in [0.2, 0.25) is 11.8 Å². The van der Waals surface area contributed by atoms with Crippen molar-refractivity contribution in [2.75, 3.05) is 18.0 Å². The Balaban J connectivity index is 1.42. The summed E-state index contributed by atoms with van der Waals surface area (Å²) in [6.45, 7) is 4.06. The van der Waals surface area contributed by atoms with Gasteiger partial charge in [0.1, 0.15) is 0 Å². The van der Waals surface area contributed by atoms with E-state index in [-0.39, 0.29) is 24.1 Å². The number of piperidine rings is 1. The zero-order valence-corrected chi connectivity index (χ0v) is 23.2. The molecular formula is C33H31F3N4O2. The number of amides is 2. The molecule has 2 aliphatic rings. The molecule has 6 nitrogen and oxygen atoms in total. The second kappa shape index (κ2) is 12.2. The van der Waals surface area contributed by atoms with Gasteiger partial charge in [-0.05, 0) is 61.2 Å². The summed E-state index contributed by atoms with van der Waals surface area (Å²) in [5.74, 6) is -1.36. The van der Waals surface area contributed by atoms with E-state index in [0.29, 0.717) is 22.4 Å². The highest BCUT2D eigenvalue weighted by atomic mass is 19.4. The number of carbonyl (C=O) groups excluding carboxylic acids is 2. The van der Waals surface area contributed by atoms with Gasteiger partial charge in [0.15, 0.2) is 0 Å². The van der Waals surface area contributed by atoms with Crippen molar-refractivity contribution >= 4 is 17.5 Å². The van der Waals surface area contributed by atoms with Crippen LogP contribution in [0.3, 0.4) is 0 Å². The molecule has 3 aromatic rings. The molecule has 42 heavy (non-hydrogen) atoms. The molecule has 1 atom stereocenters. The van der Waals surface area contributed by atoms with Crippen LogP contribution in [0.25, 0.3) is 0 Å². The van der Waals surface area contributed by atoms with Gasteiger partial charge in [-0.25, -0.2) is 0 Å². The summed E-state index contributed by atoms with van der Waals surface area (Å²) in [5.41, 5.74) is 2.18. The monoisotopic (exact) mass is 572 g/mol. The van der Waals surface area contributed by atoms with E-state index in [1.807, 2.05) is 18.2 Å². The second-order valence-corrected chi connectivity index (χ2v) is 10.8. The fourth-order valence-corrected chi connectivity index (χ4v) is 5.82. The van der Waals surface area contributed by atoms with Crippen LogP contribution in [0.2, 0.25) is 0 Å². The average Bonchev–Trinajstić information content (AvgIpc) is 2.98. The molecule has 2 amide bonds. The van der Waals surface area contributed by atoms with E-state index < -0.39 is 23.6 Å². The van der Waals surface area contributed by atoms with Crippen LogP contribution in [0.1, 0.15) is 54.4 Å². The molecule has 0 radical (unpaired) electrons. The molecule has 216 valence electrons. The lowest BCUT2D eigenvalue weighted by molar-refractivity contribution is -0.137. The highest BCUT2D eigenvalue weighted by Gasteiger charge is 2.38. The van der Waals surface area contributed by atoms with Gasteiger partial charge in [0, 0.05) is 55.0 Å². The normalized spacial score (nSPS) is 18.6. The Hall–Kier alpha value is -4.42. The third-order valence-corrected chi connectivity index (χ3v) is 7.99. The molecule has 1 fully saturated rings. The van der Waals surface area contributed by atoms with Crippen LogP contribution in [0.15, 0.2) is 90.1 Å². The number of allylic oxidation sites excluding steroid dienone is 1. The Morgan fingerprint density at radius 2 is 1.69 bits per heavy atom. The van der Waals surface area contributed by atoms with Crippen LogP contribution in [0.5, 0.6) is 0 Å². The van der Waals surface area contributed by atoms with E-state index in [0.717, 1.165) is 44.6 Å². The number of nitrogens with one attached hydrogen (secondary N) is 1. The highest BCUT2D eigenvalue weighted by molar-refractivity contribution is 6.06. The van der Waals surface area contributed by atoms with Gasteiger partial charge >= 0.3 is 6.18 Å². The number of likely N-dealkylation sites (tertiary alicyclic amines) is 1. The fourth-order valence-electron chi connectivity index (χ4n) is 5.82. The maximum atomic E-state index is 13.9. The first-order valence-electron chi connectivity index (χ1n) is 13.9. The Kier molecular flexibility index (Phi) is 8.46. The number of rotatable bonds is 6. The summed E-state index contributed by atoms with van der Waals surface area (Å²) >= 11 is 0. The molecule has 1 unspecified atom stereocenters. The van der Waals surface area contributed by atoms with Gasteiger partial charge in [0.25, 0.3) is 0 Å². The molecule has 9 heteroatoms. The van der Waals surface area contributed by atoms with Crippen LogP contribution in [0, 0.1) is 11.3 Å². The van der Waals surface area contributed by atoms with Crippen molar-refractivity contribution in [2.45, 2.75) is 50.9 Å². The zero-order chi connectivity index (χ0) is 29.9. The number of nitriles is 1. The maximum absolute atomic E-state index is 13.9. The molecule has 2 aliphatic heterocycles. The Bertz CT molecular complexity index is 1520. The summed E-state index contributed by atoms with van der Waals surface area (Å²) in [6, 6.07) is 23.5. The number of hydrogen-bond acceptors (Lipinski definition) is 4. The van der Waals surface area contributed by atoms with Gasteiger partial charge in [-0.1, -0.05) is 48.5 Å². The molecule has 0 spiro atoms. The van der Waals surface area contributed by atoms with Crippen LogP contribution >= 0.6 is 0 Å². The summed E-state index contributed by atoms with van der Waals surface area (Å²) in [4.78, 5) is 30.9. The first-order valence-corrected chi connectivity index (χ1v) is 13.9. The molecule has 2 heterocycles. The van der Waals surface area contributed by atoms with Crippen LogP contribution in [-0.4, -0.2) is 35.8 Å². The van der Waals surface area contributed by atoms with E-state index in [2.05, 4.69) is 28.4 Å². The highest BCUT2D eigenvalue weighted by Crippen LogP contribution is 2.40. The van der Waals surface area contributed by atoms with E-state index in [1.165, 1.54) is 22.6 Å². The Morgan fingerprint density at radius 1 is 1.00 bits per heavy atom. The number of nitrogens with zero attached hydrogens (tertiary/aromatic N) is 3. The minimum absolute atomic E-state index is 0.0603. The molecule has 0 saturated carbocycles. The Labute approximate surface area is 243 Å². The van der Waals surface area contributed by atoms with E-state index in [1.54, 1.807) is 31.2 Å². The predicted molar refractivity (Wildman–Crippen MR) is 153 cm³/mol. The van der Waals surface area contributed by atoms with Gasteiger partial charge in [-0.15, -0.1) is 0 Å². The van der Waals surface area contributed by atoms with Crippen LogP contribution in [-0.2, 0) is 22.3 Å². The van der Waals surface area contributed by atoms with Crippen molar-refractivity contribution in [3.8, 4) is 6.07 Å². The SMILES string of the molecule is CC1=C(C(=O)NC2CCN(Cc3ccccc3)CC2)C(c2ccc(C#N)cc2)CC(=O)N1c1cccc(C(F)(F)F)c1. The molecule has 3 aromatic carbocycles. The maximum Gasteiger partial charge on any atom is 0.416 e. The fraction of sp³-hybridized carbons (Fsp3) is 0.303. The van der Waals surface area contributed by atoms with Crippen molar-refractivity contribution in [1.82, 2.24) is 10.2 Å². The lowest BCUT2D eigenvalue weighted by Crippen LogP contribution is -2.47. The topological polar surface area (TPSA) is 76.4 Å². The minimum Gasteiger partial charge on any atom is -0.349 e. The van der Waals surface area contributed by atoms with E-state index >= 15 is 0 Å². The molecule has 0 aromatic heterocycles. The van der Waals surface area contributed by atoms with Crippen LogP contribution < -0.4 is 10.2 Å². The van der Waals surface area contributed by atoms with Crippen molar-refractivity contribution in [3.63, 3.8) is 0 Å². The number of anilines is 1. The Morgan fingerprint density at radius 3 is 2.33 bits per heavy atom. The number of carbonyl (C=O) groups is 2. The lowest BCUT2D eigenvalue weighted by Gasteiger charge is -2.37. The first-order chi connectivity index (χ1) is 20.1. The summed E-state index contributed by atoms with van der Waals surface area (Å²) in [6.07, 6.45) is -3.17. The van der Waals surface area contributed by atoms with Crippen LogP contribution in [0.4, 0.5) is 18.9 Å². The van der Waals surface area contributed by atoms with Gasteiger partial charge in [-0.2, -0.15) is 18.4 Å². The minimum atomic E-state index is -4.58. The lowest BCUT2D eigenvalue weighted by atomic mass is 9.82. The summed E-state index contributed by atoms with van der Waals surface area (Å²) < 4.78 is 40.5.